The van der Waals surface area contributed by atoms with Gasteiger partial charge in [-0.1, -0.05) is 0 Å². The second kappa shape index (κ2) is 6.50. The molecule has 0 radical (unpaired) electrons. The van der Waals surface area contributed by atoms with E-state index < -0.39 is 14.9 Å². The number of hydrogen-bond acceptors (Lipinski definition) is 5. The van der Waals surface area contributed by atoms with Gasteiger partial charge in [-0.15, -0.1) is 0 Å². The molecule has 116 valence electrons. The highest BCUT2D eigenvalue weighted by atomic mass is 32.2. The van der Waals surface area contributed by atoms with E-state index in [1.807, 2.05) is 0 Å². The van der Waals surface area contributed by atoms with Crippen LogP contribution in [0, 0.1) is 10.1 Å². The molecule has 0 bridgehead atoms. The van der Waals surface area contributed by atoms with Gasteiger partial charge in [0, 0.05) is 25.2 Å². The Bertz CT molecular complexity index is 592. The molecule has 0 aliphatic carbocycles. The van der Waals surface area contributed by atoms with Gasteiger partial charge in [-0.05, 0) is 44.5 Å². The Morgan fingerprint density at radius 2 is 1.90 bits per heavy atom. The monoisotopic (exact) mass is 313 g/mol. The quantitative estimate of drug-likeness (QED) is 0.669. The standard InChI is InChI=1S/C13H19N3O4S/c1-15(11-3-2-9-14-10-8-11)21(19,20)13-6-4-12(5-7-13)16(17)18/h4-7,11,14H,2-3,8-10H2,1H3. The molecule has 0 aromatic heterocycles. The Morgan fingerprint density at radius 1 is 1.24 bits per heavy atom. The molecule has 1 aliphatic rings. The second-order valence-corrected chi connectivity index (χ2v) is 7.10. The lowest BCUT2D eigenvalue weighted by Crippen LogP contribution is -2.37. The van der Waals surface area contributed by atoms with Crippen LogP contribution in [0.25, 0.3) is 0 Å². The Labute approximate surface area is 124 Å². The molecule has 1 aromatic carbocycles. The summed E-state index contributed by atoms with van der Waals surface area (Å²) in [7, 11) is -2.04. The van der Waals surface area contributed by atoms with E-state index >= 15 is 0 Å². The molecule has 1 unspecified atom stereocenters. The summed E-state index contributed by atoms with van der Waals surface area (Å²) in [5, 5.41) is 13.9. The Morgan fingerprint density at radius 3 is 2.52 bits per heavy atom. The molecule has 7 nitrogen and oxygen atoms in total. The summed E-state index contributed by atoms with van der Waals surface area (Å²) in [5.41, 5.74) is -0.115. The lowest BCUT2D eigenvalue weighted by atomic mass is 10.1. The van der Waals surface area contributed by atoms with Gasteiger partial charge in [0.25, 0.3) is 5.69 Å². The van der Waals surface area contributed by atoms with E-state index in [1.165, 1.54) is 28.6 Å². The van der Waals surface area contributed by atoms with Crippen molar-refractivity contribution < 1.29 is 13.3 Å². The number of benzene rings is 1. The van der Waals surface area contributed by atoms with Gasteiger partial charge in [0.15, 0.2) is 0 Å². The zero-order chi connectivity index (χ0) is 15.5. The fraction of sp³-hybridized carbons (Fsp3) is 0.538. The minimum atomic E-state index is -3.61. The van der Waals surface area contributed by atoms with Crippen molar-refractivity contribution in [3.8, 4) is 0 Å². The molecule has 2 rings (SSSR count). The molecule has 1 aliphatic heterocycles. The number of nitrogens with one attached hydrogen (secondary N) is 1. The Balaban J connectivity index is 2.21. The molecule has 1 heterocycles. The van der Waals surface area contributed by atoms with Crippen LogP contribution in [-0.2, 0) is 10.0 Å². The number of sulfonamides is 1. The van der Waals surface area contributed by atoms with Crippen molar-refractivity contribution in [1.29, 1.82) is 0 Å². The second-order valence-electron chi connectivity index (χ2n) is 5.11. The van der Waals surface area contributed by atoms with Crippen LogP contribution in [-0.4, -0.2) is 43.8 Å². The van der Waals surface area contributed by atoms with Crippen molar-refractivity contribution in [3.63, 3.8) is 0 Å². The average Bonchev–Trinajstić information content (AvgIpc) is 2.75. The van der Waals surface area contributed by atoms with E-state index in [1.54, 1.807) is 7.05 Å². The van der Waals surface area contributed by atoms with Crippen molar-refractivity contribution >= 4 is 15.7 Å². The largest absolute Gasteiger partial charge is 0.317 e. The highest BCUT2D eigenvalue weighted by Gasteiger charge is 2.28. The zero-order valence-electron chi connectivity index (χ0n) is 11.9. The molecule has 0 spiro atoms. The maximum absolute atomic E-state index is 12.6. The van der Waals surface area contributed by atoms with E-state index in [-0.39, 0.29) is 16.6 Å². The van der Waals surface area contributed by atoms with Crippen LogP contribution in [0.15, 0.2) is 29.2 Å². The first kappa shape index (κ1) is 15.9. The maximum atomic E-state index is 12.6. The van der Waals surface area contributed by atoms with E-state index in [0.29, 0.717) is 0 Å². The summed E-state index contributed by atoms with van der Waals surface area (Å²) in [6.45, 7) is 1.70. The number of hydrogen-bond donors (Lipinski definition) is 1. The van der Waals surface area contributed by atoms with E-state index in [9.17, 15) is 18.5 Å². The van der Waals surface area contributed by atoms with Crippen molar-refractivity contribution in [3.05, 3.63) is 34.4 Å². The van der Waals surface area contributed by atoms with Gasteiger partial charge in [-0.2, -0.15) is 4.31 Å². The third kappa shape index (κ3) is 3.58. The summed E-state index contributed by atoms with van der Waals surface area (Å²) >= 11 is 0. The van der Waals surface area contributed by atoms with Gasteiger partial charge < -0.3 is 5.32 Å². The van der Waals surface area contributed by atoms with Gasteiger partial charge in [-0.3, -0.25) is 10.1 Å². The predicted molar refractivity (Wildman–Crippen MR) is 78.6 cm³/mol. The summed E-state index contributed by atoms with van der Waals surface area (Å²) in [5.74, 6) is 0. The number of nitro groups is 1. The first-order valence-electron chi connectivity index (χ1n) is 6.86. The molecule has 0 amide bonds. The van der Waals surface area contributed by atoms with Gasteiger partial charge in [0.1, 0.15) is 0 Å². The molecule has 1 saturated heterocycles. The SMILES string of the molecule is CN(C1CCCNCC1)S(=O)(=O)c1ccc([N+](=O)[O-])cc1. The molecule has 0 saturated carbocycles. The summed E-state index contributed by atoms with van der Waals surface area (Å²) < 4.78 is 26.5. The number of non-ortho nitro benzene ring substituents is 1. The van der Waals surface area contributed by atoms with Crippen molar-refractivity contribution in [2.45, 2.75) is 30.2 Å². The van der Waals surface area contributed by atoms with Crippen LogP contribution in [0.3, 0.4) is 0 Å². The van der Waals surface area contributed by atoms with Gasteiger partial charge in [0.2, 0.25) is 10.0 Å². The number of nitro benzene ring substituents is 1. The van der Waals surface area contributed by atoms with Crippen LogP contribution in [0.1, 0.15) is 19.3 Å². The average molecular weight is 313 g/mol. The number of nitrogens with zero attached hydrogens (tertiary/aromatic N) is 2. The highest BCUT2D eigenvalue weighted by Crippen LogP contribution is 2.23. The third-order valence-electron chi connectivity index (χ3n) is 3.78. The summed E-state index contributed by atoms with van der Waals surface area (Å²) in [4.78, 5) is 10.2. The fourth-order valence-corrected chi connectivity index (χ4v) is 3.88. The molecule has 21 heavy (non-hydrogen) atoms. The first-order valence-corrected chi connectivity index (χ1v) is 8.30. The van der Waals surface area contributed by atoms with Crippen LogP contribution in [0.4, 0.5) is 5.69 Å². The van der Waals surface area contributed by atoms with E-state index in [4.69, 9.17) is 0 Å². The molecule has 8 heteroatoms. The van der Waals surface area contributed by atoms with Gasteiger partial charge in [0.05, 0.1) is 9.82 Å². The van der Waals surface area contributed by atoms with Gasteiger partial charge in [-0.25, -0.2) is 8.42 Å². The molecule has 1 N–H and O–H groups in total. The predicted octanol–water partition coefficient (Wildman–Crippen LogP) is 1.36. The van der Waals surface area contributed by atoms with Crippen molar-refractivity contribution in [2.24, 2.45) is 0 Å². The third-order valence-corrected chi connectivity index (χ3v) is 5.71. The number of rotatable bonds is 4. The smallest absolute Gasteiger partial charge is 0.269 e. The van der Waals surface area contributed by atoms with E-state index in [0.717, 1.165) is 32.4 Å². The van der Waals surface area contributed by atoms with Crippen LogP contribution in [0.2, 0.25) is 0 Å². The highest BCUT2D eigenvalue weighted by molar-refractivity contribution is 7.89. The van der Waals surface area contributed by atoms with Crippen molar-refractivity contribution in [1.82, 2.24) is 9.62 Å². The minimum Gasteiger partial charge on any atom is -0.317 e. The lowest BCUT2D eigenvalue weighted by Gasteiger charge is -2.26. The lowest BCUT2D eigenvalue weighted by molar-refractivity contribution is -0.384. The van der Waals surface area contributed by atoms with Crippen LogP contribution >= 0.6 is 0 Å². The van der Waals surface area contributed by atoms with E-state index in [2.05, 4.69) is 5.32 Å². The maximum Gasteiger partial charge on any atom is 0.269 e. The molecular weight excluding hydrogens is 294 g/mol. The Kier molecular flexibility index (Phi) is 4.92. The fourth-order valence-electron chi connectivity index (χ4n) is 2.47. The summed E-state index contributed by atoms with van der Waals surface area (Å²) in [6, 6.07) is 4.97. The summed E-state index contributed by atoms with van der Waals surface area (Å²) in [6.07, 6.45) is 2.52. The molecule has 1 atom stereocenters. The van der Waals surface area contributed by atoms with Crippen LogP contribution in [0.5, 0.6) is 0 Å². The zero-order valence-corrected chi connectivity index (χ0v) is 12.7. The van der Waals surface area contributed by atoms with Gasteiger partial charge >= 0.3 is 0 Å². The molecule has 1 fully saturated rings. The van der Waals surface area contributed by atoms with Crippen molar-refractivity contribution in [2.75, 3.05) is 20.1 Å². The minimum absolute atomic E-state index is 0.0415. The molecule has 1 aromatic rings. The first-order chi connectivity index (χ1) is 9.93. The van der Waals surface area contributed by atoms with Crippen LogP contribution < -0.4 is 5.32 Å². The Hall–Kier alpha value is -1.51. The molecular formula is C13H19N3O4S. The topological polar surface area (TPSA) is 92.6 Å². The normalized spacial score (nSPS) is 20.2.